The van der Waals surface area contributed by atoms with Gasteiger partial charge < -0.3 is 9.67 Å². The summed E-state index contributed by atoms with van der Waals surface area (Å²) >= 11 is 0. The summed E-state index contributed by atoms with van der Waals surface area (Å²) in [5, 5.41) is 16.8. The fourth-order valence-electron chi connectivity index (χ4n) is 1.49. The van der Waals surface area contributed by atoms with Gasteiger partial charge in [0, 0.05) is 20.0 Å². The highest BCUT2D eigenvalue weighted by Crippen LogP contribution is 2.08. The van der Waals surface area contributed by atoms with Gasteiger partial charge in [0.1, 0.15) is 12.2 Å². The van der Waals surface area contributed by atoms with Crippen LogP contribution in [0, 0.1) is 5.82 Å². The van der Waals surface area contributed by atoms with Crippen LogP contribution in [0.25, 0.3) is 0 Å². The molecule has 96 valence electrons. The first-order valence-corrected chi connectivity index (χ1v) is 5.05. The molecule has 0 aliphatic heterocycles. The number of aromatic hydroxyl groups is 1. The molecule has 0 aliphatic rings. The van der Waals surface area contributed by atoms with E-state index in [1.807, 2.05) is 0 Å². The quantitative estimate of drug-likeness (QED) is 0.713. The van der Waals surface area contributed by atoms with Crippen LogP contribution in [-0.2, 0) is 20.0 Å². The lowest BCUT2D eigenvalue weighted by atomic mass is 10.4. The van der Waals surface area contributed by atoms with Gasteiger partial charge in [-0.25, -0.2) is 4.79 Å². The molecule has 0 spiro atoms. The zero-order valence-corrected chi connectivity index (χ0v) is 9.42. The molecule has 0 aliphatic carbocycles. The third-order valence-corrected chi connectivity index (χ3v) is 2.48. The van der Waals surface area contributed by atoms with Crippen LogP contribution in [0.4, 0.5) is 4.39 Å². The van der Waals surface area contributed by atoms with Crippen LogP contribution in [0.3, 0.4) is 0 Å². The Morgan fingerprint density at radius 2 is 2.22 bits per heavy atom. The van der Waals surface area contributed by atoms with Gasteiger partial charge in [0.2, 0.25) is 11.7 Å². The molecular weight excluding hydrogens is 245 g/mol. The number of hydrogen-bond acceptors (Lipinski definition) is 5. The molecule has 2 rings (SSSR count). The van der Waals surface area contributed by atoms with Crippen LogP contribution < -0.4 is 11.2 Å². The Labute approximate surface area is 99.3 Å². The van der Waals surface area contributed by atoms with Crippen molar-refractivity contribution in [2.45, 2.75) is 13.0 Å². The Balaban J connectivity index is 2.31. The first-order chi connectivity index (χ1) is 8.50. The van der Waals surface area contributed by atoms with Crippen molar-refractivity contribution >= 4 is 0 Å². The summed E-state index contributed by atoms with van der Waals surface area (Å²) in [5.41, 5.74) is -2.12. The average molecular weight is 255 g/mol. The van der Waals surface area contributed by atoms with E-state index in [-0.39, 0.29) is 13.0 Å². The van der Waals surface area contributed by atoms with Crippen molar-refractivity contribution in [1.82, 2.24) is 24.3 Å². The molecule has 0 aromatic carbocycles. The van der Waals surface area contributed by atoms with Crippen molar-refractivity contribution in [3.05, 3.63) is 38.8 Å². The minimum absolute atomic E-state index is 0.0229. The molecule has 0 unspecified atom stereocenters. The lowest BCUT2D eigenvalue weighted by Gasteiger charge is -2.07. The van der Waals surface area contributed by atoms with Crippen molar-refractivity contribution < 1.29 is 9.50 Å². The fourth-order valence-corrected chi connectivity index (χ4v) is 1.49. The smallest absolute Gasteiger partial charge is 0.331 e. The van der Waals surface area contributed by atoms with Crippen molar-refractivity contribution in [3.8, 4) is 5.88 Å². The van der Waals surface area contributed by atoms with E-state index in [4.69, 9.17) is 0 Å². The molecule has 0 radical (unpaired) electrons. The zero-order valence-electron chi connectivity index (χ0n) is 9.42. The molecule has 2 aromatic heterocycles. The van der Waals surface area contributed by atoms with E-state index in [0.29, 0.717) is 5.82 Å². The number of rotatable bonds is 3. The van der Waals surface area contributed by atoms with Crippen molar-refractivity contribution in [2.75, 3.05) is 0 Å². The van der Waals surface area contributed by atoms with Gasteiger partial charge in [0.05, 0.1) is 0 Å². The van der Waals surface area contributed by atoms with Crippen molar-refractivity contribution in [1.29, 1.82) is 0 Å². The van der Waals surface area contributed by atoms with Gasteiger partial charge in [-0.1, -0.05) is 0 Å². The Morgan fingerprint density at radius 1 is 1.50 bits per heavy atom. The van der Waals surface area contributed by atoms with E-state index in [1.165, 1.54) is 6.33 Å². The first-order valence-electron chi connectivity index (χ1n) is 5.05. The second kappa shape index (κ2) is 4.43. The highest BCUT2D eigenvalue weighted by molar-refractivity contribution is 5.09. The highest BCUT2D eigenvalue weighted by Gasteiger charge is 2.14. The number of hydrogen-bond donors (Lipinski definition) is 2. The maximum Gasteiger partial charge on any atom is 0.331 e. The summed E-state index contributed by atoms with van der Waals surface area (Å²) in [6.45, 7) is -0.0229. The SMILES string of the molecule is Cn1cnnc1CCn1c(O)c(F)c(=O)[nH]c1=O. The molecule has 0 amide bonds. The number of nitrogens with zero attached hydrogens (tertiary/aromatic N) is 4. The van der Waals surface area contributed by atoms with E-state index in [9.17, 15) is 19.1 Å². The molecule has 2 N–H and O–H groups in total. The molecule has 0 bridgehead atoms. The second-order valence-electron chi connectivity index (χ2n) is 3.66. The summed E-state index contributed by atoms with van der Waals surface area (Å²) in [6.07, 6.45) is 1.74. The first kappa shape index (κ1) is 12.0. The Morgan fingerprint density at radius 3 is 2.83 bits per heavy atom. The number of nitrogens with one attached hydrogen (secondary N) is 1. The largest absolute Gasteiger partial charge is 0.492 e. The summed E-state index contributed by atoms with van der Waals surface area (Å²) in [7, 11) is 1.71. The summed E-state index contributed by atoms with van der Waals surface area (Å²) in [4.78, 5) is 24.0. The van der Waals surface area contributed by atoms with Gasteiger partial charge in [0.15, 0.2) is 0 Å². The zero-order chi connectivity index (χ0) is 13.3. The van der Waals surface area contributed by atoms with Crippen LogP contribution in [-0.4, -0.2) is 29.4 Å². The molecule has 18 heavy (non-hydrogen) atoms. The summed E-state index contributed by atoms with van der Waals surface area (Å²) in [6, 6.07) is 0. The summed E-state index contributed by atoms with van der Waals surface area (Å²) < 4.78 is 15.5. The second-order valence-corrected chi connectivity index (χ2v) is 3.66. The molecule has 2 heterocycles. The number of aryl methyl sites for hydroxylation is 2. The monoisotopic (exact) mass is 255 g/mol. The molecule has 8 nitrogen and oxygen atoms in total. The van der Waals surface area contributed by atoms with Crippen LogP contribution in [0.1, 0.15) is 5.82 Å². The van der Waals surface area contributed by atoms with E-state index < -0.39 is 22.9 Å². The minimum Gasteiger partial charge on any atom is -0.492 e. The highest BCUT2D eigenvalue weighted by atomic mass is 19.1. The lowest BCUT2D eigenvalue weighted by Crippen LogP contribution is -2.32. The van der Waals surface area contributed by atoms with E-state index >= 15 is 0 Å². The third-order valence-electron chi connectivity index (χ3n) is 2.48. The predicted octanol–water partition coefficient (Wildman–Crippen LogP) is -1.25. The van der Waals surface area contributed by atoms with Gasteiger partial charge in [-0.3, -0.25) is 14.3 Å². The van der Waals surface area contributed by atoms with Crippen LogP contribution in [0.5, 0.6) is 5.88 Å². The molecule has 0 atom stereocenters. The van der Waals surface area contributed by atoms with E-state index in [2.05, 4.69) is 10.2 Å². The molecule has 0 fully saturated rings. The molecule has 0 saturated carbocycles. The van der Waals surface area contributed by atoms with Gasteiger partial charge in [-0.05, 0) is 0 Å². The normalized spacial score (nSPS) is 10.8. The Hall–Kier alpha value is -2.45. The standard InChI is InChI=1S/C9H10FN5O3/c1-14-4-11-13-5(14)2-3-15-8(17)6(10)7(16)12-9(15)18/h4,17H,2-3H2,1H3,(H,12,16,18). The predicted molar refractivity (Wildman–Crippen MR) is 57.7 cm³/mol. The third kappa shape index (κ3) is 2.01. The molecule has 2 aromatic rings. The van der Waals surface area contributed by atoms with Crippen molar-refractivity contribution in [3.63, 3.8) is 0 Å². The molecule has 9 heteroatoms. The molecular formula is C9H10FN5O3. The molecule has 0 saturated heterocycles. The topological polar surface area (TPSA) is 106 Å². The van der Waals surface area contributed by atoms with Crippen LogP contribution in [0.2, 0.25) is 0 Å². The van der Waals surface area contributed by atoms with Crippen LogP contribution >= 0.6 is 0 Å². The van der Waals surface area contributed by atoms with Gasteiger partial charge in [0.25, 0.3) is 5.56 Å². The van der Waals surface area contributed by atoms with Crippen molar-refractivity contribution in [2.24, 2.45) is 7.05 Å². The number of aromatic amines is 1. The summed E-state index contributed by atoms with van der Waals surface area (Å²) in [5.74, 6) is -1.80. The Bertz CT molecular complexity index is 686. The minimum atomic E-state index is -1.38. The lowest BCUT2D eigenvalue weighted by molar-refractivity contribution is 0.359. The average Bonchev–Trinajstić information content (AvgIpc) is 2.72. The van der Waals surface area contributed by atoms with Gasteiger partial charge >= 0.3 is 5.69 Å². The van der Waals surface area contributed by atoms with Gasteiger partial charge in [-0.2, -0.15) is 4.39 Å². The number of aromatic nitrogens is 5. The number of H-pyrrole nitrogens is 1. The fraction of sp³-hybridized carbons (Fsp3) is 0.333. The van der Waals surface area contributed by atoms with Gasteiger partial charge in [-0.15, -0.1) is 10.2 Å². The maximum atomic E-state index is 13.1. The Kier molecular flexibility index (Phi) is 2.96. The maximum absolute atomic E-state index is 13.1. The van der Waals surface area contributed by atoms with E-state index in [0.717, 1.165) is 4.57 Å². The van der Waals surface area contributed by atoms with E-state index in [1.54, 1.807) is 16.6 Å². The van der Waals surface area contributed by atoms with Crippen LogP contribution in [0.15, 0.2) is 15.9 Å². The number of halogens is 1.